The van der Waals surface area contributed by atoms with E-state index in [0.717, 1.165) is 54.7 Å². The van der Waals surface area contributed by atoms with E-state index >= 15 is 0 Å². The summed E-state index contributed by atoms with van der Waals surface area (Å²) in [6.07, 6.45) is 3.36. The van der Waals surface area contributed by atoms with Crippen LogP contribution in [0, 0.1) is 12.8 Å². The number of aryl methyl sites for hydroxylation is 1. The quantitative estimate of drug-likeness (QED) is 0.377. The molecule has 1 amide bonds. The number of piperazine rings is 1. The molecule has 1 fully saturated rings. The van der Waals surface area contributed by atoms with E-state index < -0.39 is 0 Å². The molecular weight excluding hydrogens is 434 g/mol. The normalized spacial score (nSPS) is 16.5. The Balaban J connectivity index is 1.56. The molecule has 3 aromatic rings. The van der Waals surface area contributed by atoms with Gasteiger partial charge >= 0.3 is 0 Å². The van der Waals surface area contributed by atoms with Crippen LogP contribution < -0.4 is 16.0 Å². The number of carbonyl (C=O) groups is 1. The zero-order valence-corrected chi connectivity index (χ0v) is 21.3. The summed E-state index contributed by atoms with van der Waals surface area (Å²) in [4.78, 5) is 20.1. The predicted molar refractivity (Wildman–Crippen MR) is 145 cm³/mol. The molecule has 1 aromatic heterocycles. The summed E-state index contributed by atoms with van der Waals surface area (Å²) < 4.78 is 0. The molecular formula is C29H37N5O. The Bertz CT molecular complexity index is 1160. The first kappa shape index (κ1) is 24.7. The number of hydrogen-bond donors (Lipinski definition) is 2. The van der Waals surface area contributed by atoms with Crippen LogP contribution >= 0.6 is 0 Å². The molecule has 0 bridgehead atoms. The third-order valence-corrected chi connectivity index (χ3v) is 7.23. The number of hydrogen-bond acceptors (Lipinski definition) is 5. The fourth-order valence-electron chi connectivity index (χ4n) is 4.96. The lowest BCUT2D eigenvalue weighted by molar-refractivity contribution is -0.109. The summed E-state index contributed by atoms with van der Waals surface area (Å²) in [6.45, 7) is 10.5. The van der Waals surface area contributed by atoms with Gasteiger partial charge in [0.1, 0.15) is 5.82 Å². The number of carbonyl (C=O) groups excluding carboxylic acids is 1. The second-order valence-electron chi connectivity index (χ2n) is 9.90. The zero-order chi connectivity index (χ0) is 24.9. The maximum atomic E-state index is 10.6. The van der Waals surface area contributed by atoms with Gasteiger partial charge in [0, 0.05) is 55.2 Å². The highest BCUT2D eigenvalue weighted by atomic mass is 16.1. The molecule has 1 aliphatic rings. The third kappa shape index (κ3) is 5.65. The second-order valence-corrected chi connectivity index (χ2v) is 9.90. The molecule has 1 atom stereocenters. The van der Waals surface area contributed by atoms with E-state index in [1.54, 1.807) is 0 Å². The van der Waals surface area contributed by atoms with Gasteiger partial charge in [0.2, 0.25) is 6.41 Å². The monoisotopic (exact) mass is 471 g/mol. The Labute approximate surface area is 209 Å². The lowest BCUT2D eigenvalue weighted by atomic mass is 9.96. The topological polar surface area (TPSA) is 74.5 Å². The number of anilines is 2. The maximum Gasteiger partial charge on any atom is 0.207 e. The first-order valence-electron chi connectivity index (χ1n) is 12.5. The number of amides is 1. The molecule has 0 spiro atoms. The summed E-state index contributed by atoms with van der Waals surface area (Å²) in [5, 5.41) is 2.74. The zero-order valence-electron chi connectivity index (χ0n) is 21.3. The van der Waals surface area contributed by atoms with E-state index in [0.29, 0.717) is 24.3 Å². The van der Waals surface area contributed by atoms with Gasteiger partial charge in [0.25, 0.3) is 0 Å². The van der Waals surface area contributed by atoms with Crippen molar-refractivity contribution < 1.29 is 4.79 Å². The molecule has 1 saturated heterocycles. The van der Waals surface area contributed by atoms with E-state index in [-0.39, 0.29) is 0 Å². The van der Waals surface area contributed by atoms with Crippen molar-refractivity contribution in [2.45, 2.75) is 33.2 Å². The smallest absolute Gasteiger partial charge is 0.207 e. The van der Waals surface area contributed by atoms with Gasteiger partial charge in [0.15, 0.2) is 0 Å². The lowest BCUT2D eigenvalue weighted by Crippen LogP contribution is -2.53. The minimum absolute atomic E-state index is 0.517. The van der Waals surface area contributed by atoms with Crippen LogP contribution in [0.25, 0.3) is 22.3 Å². The van der Waals surface area contributed by atoms with Crippen LogP contribution in [0.5, 0.6) is 0 Å². The molecule has 35 heavy (non-hydrogen) atoms. The number of nitrogens with zero attached hydrogens (tertiary/aromatic N) is 3. The number of nitrogen functional groups attached to an aromatic ring is 1. The molecule has 0 aliphatic carbocycles. The molecule has 0 saturated carbocycles. The van der Waals surface area contributed by atoms with E-state index in [2.05, 4.69) is 96.5 Å². The average molecular weight is 472 g/mol. The van der Waals surface area contributed by atoms with Crippen molar-refractivity contribution in [3.8, 4) is 22.3 Å². The fraction of sp³-hybridized carbons (Fsp3) is 0.379. The van der Waals surface area contributed by atoms with Crippen LogP contribution in [0.15, 0.2) is 54.7 Å². The van der Waals surface area contributed by atoms with E-state index in [1.165, 1.54) is 16.8 Å². The molecule has 6 nitrogen and oxygen atoms in total. The minimum atomic E-state index is 0.517. The summed E-state index contributed by atoms with van der Waals surface area (Å²) in [7, 11) is 2.23. The van der Waals surface area contributed by atoms with Crippen molar-refractivity contribution in [2.75, 3.05) is 43.9 Å². The van der Waals surface area contributed by atoms with Crippen molar-refractivity contribution >= 4 is 17.9 Å². The molecule has 3 N–H and O–H groups in total. The summed E-state index contributed by atoms with van der Waals surface area (Å²) in [5.74, 6) is 1.15. The Kier molecular flexibility index (Phi) is 7.71. The standard InChI is InChI=1S/C29H37N5O/c1-20(2)28-18-34(14-13-33(28)4)26-9-7-22(8-10-26)25-16-27(29(30)32-17-25)24-6-5-21(3)23(15-24)11-12-31-19-35/h5-10,15-17,19-20,28H,11-14,18H2,1-4H3,(H2,30,32)(H,31,35). The van der Waals surface area contributed by atoms with Crippen molar-refractivity contribution in [1.29, 1.82) is 0 Å². The first-order valence-corrected chi connectivity index (χ1v) is 12.5. The highest BCUT2D eigenvalue weighted by Gasteiger charge is 2.26. The fourth-order valence-corrected chi connectivity index (χ4v) is 4.96. The van der Waals surface area contributed by atoms with Gasteiger partial charge in [-0.25, -0.2) is 4.98 Å². The number of benzene rings is 2. The van der Waals surface area contributed by atoms with Gasteiger partial charge in [-0.15, -0.1) is 0 Å². The Morgan fingerprint density at radius 1 is 1.09 bits per heavy atom. The Hall–Kier alpha value is -3.38. The summed E-state index contributed by atoms with van der Waals surface area (Å²) >= 11 is 0. The van der Waals surface area contributed by atoms with Crippen molar-refractivity contribution in [3.63, 3.8) is 0 Å². The minimum Gasteiger partial charge on any atom is -0.383 e. The van der Waals surface area contributed by atoms with Gasteiger partial charge in [-0.1, -0.05) is 44.2 Å². The third-order valence-electron chi connectivity index (χ3n) is 7.23. The highest BCUT2D eigenvalue weighted by molar-refractivity contribution is 5.80. The van der Waals surface area contributed by atoms with Gasteiger partial charge in [-0.2, -0.15) is 0 Å². The average Bonchev–Trinajstić information content (AvgIpc) is 2.86. The van der Waals surface area contributed by atoms with Crippen LogP contribution in [0.1, 0.15) is 25.0 Å². The largest absolute Gasteiger partial charge is 0.383 e. The maximum absolute atomic E-state index is 10.6. The molecule has 184 valence electrons. The Morgan fingerprint density at radius 2 is 1.83 bits per heavy atom. The number of likely N-dealkylation sites (N-methyl/N-ethyl adjacent to an activating group) is 1. The number of aromatic nitrogens is 1. The molecule has 6 heteroatoms. The predicted octanol–water partition coefficient (Wildman–Crippen LogP) is 4.37. The molecule has 2 aromatic carbocycles. The van der Waals surface area contributed by atoms with E-state index in [9.17, 15) is 4.79 Å². The van der Waals surface area contributed by atoms with Gasteiger partial charge < -0.3 is 16.0 Å². The summed E-state index contributed by atoms with van der Waals surface area (Å²) in [6, 6.07) is 17.8. The lowest BCUT2D eigenvalue weighted by Gasteiger charge is -2.42. The van der Waals surface area contributed by atoms with Crippen LogP contribution in [0.2, 0.25) is 0 Å². The molecule has 1 unspecified atom stereocenters. The van der Waals surface area contributed by atoms with Crippen LogP contribution in [0.3, 0.4) is 0 Å². The van der Waals surface area contributed by atoms with Crippen LogP contribution in [-0.2, 0) is 11.2 Å². The first-order chi connectivity index (χ1) is 16.9. The van der Waals surface area contributed by atoms with Crippen LogP contribution in [0.4, 0.5) is 11.5 Å². The number of pyridine rings is 1. The molecule has 4 rings (SSSR count). The number of nitrogens with one attached hydrogen (secondary N) is 1. The number of rotatable bonds is 8. The van der Waals surface area contributed by atoms with Gasteiger partial charge in [-0.3, -0.25) is 9.69 Å². The highest BCUT2D eigenvalue weighted by Crippen LogP contribution is 2.32. The van der Waals surface area contributed by atoms with Crippen LogP contribution in [-0.4, -0.2) is 55.6 Å². The van der Waals surface area contributed by atoms with Gasteiger partial charge in [-0.05, 0) is 66.8 Å². The van der Waals surface area contributed by atoms with Crippen molar-refractivity contribution in [2.24, 2.45) is 5.92 Å². The number of nitrogens with two attached hydrogens (primary N) is 1. The van der Waals surface area contributed by atoms with E-state index in [1.807, 2.05) is 6.20 Å². The second kappa shape index (κ2) is 10.9. The van der Waals surface area contributed by atoms with E-state index in [4.69, 9.17) is 5.73 Å². The molecule has 1 aliphatic heterocycles. The SMILES string of the molecule is Cc1ccc(-c2cc(-c3ccc(N4CCN(C)C(C(C)C)C4)cc3)cnc2N)cc1CCNC=O. The summed E-state index contributed by atoms with van der Waals surface area (Å²) in [5.41, 5.74) is 14.1. The van der Waals surface area contributed by atoms with Gasteiger partial charge in [0.05, 0.1) is 0 Å². The molecule has 2 heterocycles. The van der Waals surface area contributed by atoms with Crippen molar-refractivity contribution in [1.82, 2.24) is 15.2 Å². The molecule has 0 radical (unpaired) electrons. The Morgan fingerprint density at radius 3 is 2.54 bits per heavy atom. The van der Waals surface area contributed by atoms with Crippen molar-refractivity contribution in [3.05, 3.63) is 65.9 Å².